The van der Waals surface area contributed by atoms with E-state index in [1.807, 2.05) is 32.0 Å². The van der Waals surface area contributed by atoms with Gasteiger partial charge in [-0.25, -0.2) is 0 Å². The van der Waals surface area contributed by atoms with Crippen LogP contribution in [0.25, 0.3) is 0 Å². The van der Waals surface area contributed by atoms with E-state index in [0.29, 0.717) is 37.5 Å². The zero-order valence-electron chi connectivity index (χ0n) is 18.8. The minimum Gasteiger partial charge on any atom is -0.497 e. The number of hydrogen-bond acceptors (Lipinski definition) is 6. The molecule has 9 heteroatoms. The summed E-state index contributed by atoms with van der Waals surface area (Å²) in [6.45, 7) is 5.34. The number of benzene rings is 1. The van der Waals surface area contributed by atoms with Gasteiger partial charge in [0, 0.05) is 44.1 Å². The Kier molecular flexibility index (Phi) is 10.4. The van der Waals surface area contributed by atoms with Crippen LogP contribution >= 0.6 is 24.0 Å². The van der Waals surface area contributed by atoms with Gasteiger partial charge in [0.25, 0.3) is 0 Å². The van der Waals surface area contributed by atoms with Gasteiger partial charge >= 0.3 is 0 Å². The molecule has 172 valence electrons. The number of nitrogens with zero attached hydrogens (tertiary/aromatic N) is 3. The summed E-state index contributed by atoms with van der Waals surface area (Å²) in [4.78, 5) is 8.69. The van der Waals surface area contributed by atoms with Gasteiger partial charge in [-0.2, -0.15) is 4.98 Å². The standard InChI is InChI=1S/C22H33N5O3.HI/c1-15(2)21-26-20(30-27-21)11-12-24-22(23-3)25-14-16-9-10-18(28-4)13-19(16)29-17-7-5-6-8-17;/h9-10,13,15,17H,5-8,11-12,14H2,1-4H3,(H2,23,24,25);1H. The molecule has 0 atom stereocenters. The number of ether oxygens (including phenoxy) is 2. The fourth-order valence-electron chi connectivity index (χ4n) is 3.39. The van der Waals surface area contributed by atoms with E-state index in [4.69, 9.17) is 14.0 Å². The van der Waals surface area contributed by atoms with Crippen molar-refractivity contribution in [1.29, 1.82) is 0 Å². The molecule has 0 amide bonds. The number of rotatable bonds is 9. The van der Waals surface area contributed by atoms with E-state index in [-0.39, 0.29) is 29.9 Å². The van der Waals surface area contributed by atoms with Crippen LogP contribution in [-0.2, 0) is 13.0 Å². The number of halogens is 1. The van der Waals surface area contributed by atoms with Gasteiger partial charge in [0.15, 0.2) is 11.8 Å². The van der Waals surface area contributed by atoms with Gasteiger partial charge in [0.1, 0.15) is 11.5 Å². The number of methoxy groups -OCH3 is 1. The van der Waals surface area contributed by atoms with Crippen molar-refractivity contribution in [2.45, 2.75) is 64.5 Å². The Balaban J connectivity index is 0.00000341. The van der Waals surface area contributed by atoms with E-state index in [1.54, 1.807) is 14.2 Å². The van der Waals surface area contributed by atoms with Gasteiger partial charge in [-0.3, -0.25) is 4.99 Å². The first kappa shape index (κ1) is 25.2. The molecule has 1 fully saturated rings. The van der Waals surface area contributed by atoms with Crippen molar-refractivity contribution in [1.82, 2.24) is 20.8 Å². The molecule has 31 heavy (non-hydrogen) atoms. The normalized spacial score (nSPS) is 14.4. The molecule has 0 unspecified atom stereocenters. The molecule has 0 radical (unpaired) electrons. The molecule has 2 N–H and O–H groups in total. The molecule has 1 aromatic carbocycles. The van der Waals surface area contributed by atoms with E-state index < -0.39 is 0 Å². The summed E-state index contributed by atoms with van der Waals surface area (Å²) in [7, 11) is 3.43. The Hall–Kier alpha value is -2.04. The monoisotopic (exact) mass is 543 g/mol. The van der Waals surface area contributed by atoms with Gasteiger partial charge in [0.05, 0.1) is 13.2 Å². The number of nitrogens with one attached hydrogen (secondary N) is 2. The molecule has 1 aliphatic rings. The van der Waals surface area contributed by atoms with Crippen molar-refractivity contribution in [2.24, 2.45) is 4.99 Å². The molecule has 0 saturated heterocycles. The van der Waals surface area contributed by atoms with Crippen LogP contribution in [0, 0.1) is 0 Å². The lowest BCUT2D eigenvalue weighted by atomic mass is 10.2. The van der Waals surface area contributed by atoms with Crippen LogP contribution in [-0.4, -0.2) is 42.9 Å². The van der Waals surface area contributed by atoms with Gasteiger partial charge < -0.3 is 24.6 Å². The van der Waals surface area contributed by atoms with Crippen LogP contribution in [0.1, 0.15) is 62.7 Å². The van der Waals surface area contributed by atoms with Crippen molar-refractivity contribution in [3.8, 4) is 11.5 Å². The minimum atomic E-state index is 0. The number of hydrogen-bond donors (Lipinski definition) is 2. The predicted octanol–water partition coefficient (Wildman–Crippen LogP) is 4.05. The van der Waals surface area contributed by atoms with E-state index >= 15 is 0 Å². The predicted molar refractivity (Wildman–Crippen MR) is 132 cm³/mol. The molecule has 1 aromatic heterocycles. The molecule has 0 bridgehead atoms. The molecule has 2 aromatic rings. The van der Waals surface area contributed by atoms with Crippen LogP contribution in [0.4, 0.5) is 0 Å². The molecular formula is C22H34IN5O3. The molecule has 1 aliphatic carbocycles. The second-order valence-electron chi connectivity index (χ2n) is 7.80. The Morgan fingerprint density at radius 3 is 2.68 bits per heavy atom. The Labute approximate surface area is 201 Å². The largest absolute Gasteiger partial charge is 0.497 e. The van der Waals surface area contributed by atoms with Crippen LogP contribution < -0.4 is 20.1 Å². The SMILES string of the molecule is CN=C(NCCc1nc(C(C)C)no1)NCc1ccc(OC)cc1OC1CCCC1.I. The average molecular weight is 543 g/mol. The summed E-state index contributed by atoms with van der Waals surface area (Å²) in [5.74, 6) is 4.01. The second-order valence-corrected chi connectivity index (χ2v) is 7.80. The third kappa shape index (κ3) is 7.55. The zero-order valence-corrected chi connectivity index (χ0v) is 21.1. The maximum atomic E-state index is 6.27. The summed E-state index contributed by atoms with van der Waals surface area (Å²) in [5, 5.41) is 10.6. The highest BCUT2D eigenvalue weighted by Gasteiger charge is 2.18. The minimum absolute atomic E-state index is 0. The van der Waals surface area contributed by atoms with Crippen LogP contribution in [0.5, 0.6) is 11.5 Å². The number of aliphatic imine (C=N–C) groups is 1. The maximum absolute atomic E-state index is 6.27. The first-order chi connectivity index (χ1) is 14.6. The fraction of sp³-hybridized carbons (Fsp3) is 0.591. The van der Waals surface area contributed by atoms with E-state index in [1.165, 1.54) is 12.8 Å². The van der Waals surface area contributed by atoms with E-state index in [9.17, 15) is 0 Å². The fourth-order valence-corrected chi connectivity index (χ4v) is 3.39. The Morgan fingerprint density at radius 1 is 1.26 bits per heavy atom. The van der Waals surface area contributed by atoms with Gasteiger partial charge in [0.2, 0.25) is 5.89 Å². The van der Waals surface area contributed by atoms with Crippen molar-refractivity contribution in [2.75, 3.05) is 20.7 Å². The molecule has 3 rings (SSSR count). The quantitative estimate of drug-likeness (QED) is 0.280. The summed E-state index contributed by atoms with van der Waals surface area (Å²) >= 11 is 0. The van der Waals surface area contributed by atoms with Gasteiger partial charge in [-0.05, 0) is 37.8 Å². The third-order valence-electron chi connectivity index (χ3n) is 5.17. The smallest absolute Gasteiger partial charge is 0.228 e. The zero-order chi connectivity index (χ0) is 21.3. The first-order valence-corrected chi connectivity index (χ1v) is 10.7. The lowest BCUT2D eigenvalue weighted by Gasteiger charge is -2.18. The summed E-state index contributed by atoms with van der Waals surface area (Å²) in [6.07, 6.45) is 5.62. The Bertz CT molecular complexity index is 834. The highest BCUT2D eigenvalue weighted by atomic mass is 127. The summed E-state index contributed by atoms with van der Waals surface area (Å²) < 4.78 is 16.9. The molecule has 0 aliphatic heterocycles. The van der Waals surface area contributed by atoms with Crippen molar-refractivity contribution >= 4 is 29.9 Å². The van der Waals surface area contributed by atoms with Gasteiger partial charge in [-0.1, -0.05) is 19.0 Å². The average Bonchev–Trinajstić information content (AvgIpc) is 3.43. The highest BCUT2D eigenvalue weighted by Crippen LogP contribution is 2.30. The van der Waals surface area contributed by atoms with E-state index in [0.717, 1.165) is 35.7 Å². The first-order valence-electron chi connectivity index (χ1n) is 10.7. The number of aromatic nitrogens is 2. The maximum Gasteiger partial charge on any atom is 0.228 e. The Morgan fingerprint density at radius 2 is 2.03 bits per heavy atom. The van der Waals surface area contributed by atoms with Crippen LogP contribution in [0.2, 0.25) is 0 Å². The van der Waals surface area contributed by atoms with E-state index in [2.05, 4.69) is 25.8 Å². The third-order valence-corrected chi connectivity index (χ3v) is 5.17. The lowest BCUT2D eigenvalue weighted by molar-refractivity contribution is 0.207. The van der Waals surface area contributed by atoms with Crippen molar-refractivity contribution in [3.05, 3.63) is 35.5 Å². The molecular weight excluding hydrogens is 509 g/mol. The number of guanidine groups is 1. The topological polar surface area (TPSA) is 93.8 Å². The molecule has 8 nitrogen and oxygen atoms in total. The highest BCUT2D eigenvalue weighted by molar-refractivity contribution is 14.0. The lowest BCUT2D eigenvalue weighted by Crippen LogP contribution is -2.38. The summed E-state index contributed by atoms with van der Waals surface area (Å²) in [6, 6.07) is 5.96. The molecule has 1 saturated carbocycles. The molecule has 1 heterocycles. The van der Waals surface area contributed by atoms with Crippen molar-refractivity contribution < 1.29 is 14.0 Å². The van der Waals surface area contributed by atoms with Crippen molar-refractivity contribution in [3.63, 3.8) is 0 Å². The van der Waals surface area contributed by atoms with Gasteiger partial charge in [-0.15, -0.1) is 24.0 Å². The second kappa shape index (κ2) is 12.7. The van der Waals surface area contributed by atoms with Crippen LogP contribution in [0.3, 0.4) is 0 Å². The van der Waals surface area contributed by atoms with Crippen LogP contribution in [0.15, 0.2) is 27.7 Å². The summed E-state index contributed by atoms with van der Waals surface area (Å²) in [5.41, 5.74) is 1.07. The molecule has 0 spiro atoms.